The number of benzene rings is 3. The third-order valence-electron chi connectivity index (χ3n) is 4.15. The van der Waals surface area contributed by atoms with Crippen molar-refractivity contribution in [1.82, 2.24) is 0 Å². The standard InChI is InChI=1S/C15H10N2O2.C9H6N2O2/c18-10-16-14-5-1-12(2-6-14)9-13-3-7-15(8-4-13)17-11-19;1-7-4-8(10-5-12)2-3-9(7)11-6-13/h1-8H,9H2;2-4H,1H3. The predicted octanol–water partition coefficient (Wildman–Crippen LogP) is 5.14. The Labute approximate surface area is 183 Å². The third kappa shape index (κ3) is 7.54. The number of aryl methyl sites for hydroxylation is 1. The topological polar surface area (TPSA) is 118 Å². The van der Waals surface area contributed by atoms with E-state index in [-0.39, 0.29) is 0 Å². The highest BCUT2D eigenvalue weighted by molar-refractivity contribution is 5.60. The molecule has 3 aromatic carbocycles. The largest absolute Gasteiger partial charge is 0.240 e. The second-order valence-electron chi connectivity index (χ2n) is 6.29. The Morgan fingerprint density at radius 3 is 1.38 bits per heavy atom. The van der Waals surface area contributed by atoms with Crippen LogP contribution in [0.4, 0.5) is 22.7 Å². The lowest BCUT2D eigenvalue weighted by Gasteiger charge is -2.02. The molecule has 0 aliphatic carbocycles. The molecular formula is C24H16N4O4. The van der Waals surface area contributed by atoms with Crippen molar-refractivity contribution < 1.29 is 19.2 Å². The molecule has 0 fully saturated rings. The Hall–Kier alpha value is -4.82. The van der Waals surface area contributed by atoms with Crippen LogP contribution in [0.5, 0.6) is 0 Å². The molecule has 0 radical (unpaired) electrons. The number of isocyanates is 4. The normalized spacial score (nSPS) is 8.91. The quantitative estimate of drug-likeness (QED) is 0.402. The SMILES string of the molecule is Cc1cc(N=C=O)ccc1N=C=O.O=C=Nc1ccc(Cc2ccc(N=C=O)cc2)cc1. The van der Waals surface area contributed by atoms with Gasteiger partial charge in [0.2, 0.25) is 24.3 Å². The van der Waals surface area contributed by atoms with Crippen molar-refractivity contribution in [2.45, 2.75) is 13.3 Å². The maximum atomic E-state index is 10.1. The third-order valence-corrected chi connectivity index (χ3v) is 4.15. The van der Waals surface area contributed by atoms with E-state index >= 15 is 0 Å². The monoisotopic (exact) mass is 424 g/mol. The summed E-state index contributed by atoms with van der Waals surface area (Å²) in [5.41, 5.74) is 5.19. The summed E-state index contributed by atoms with van der Waals surface area (Å²) in [5.74, 6) is 0. The molecule has 0 N–H and O–H groups in total. The summed E-state index contributed by atoms with van der Waals surface area (Å²) in [6.45, 7) is 1.76. The average molecular weight is 424 g/mol. The molecule has 0 saturated carbocycles. The van der Waals surface area contributed by atoms with Crippen LogP contribution in [-0.4, -0.2) is 24.3 Å². The van der Waals surface area contributed by atoms with Gasteiger partial charge in [-0.2, -0.15) is 20.0 Å². The van der Waals surface area contributed by atoms with Crippen LogP contribution in [0.3, 0.4) is 0 Å². The van der Waals surface area contributed by atoms with Gasteiger partial charge in [0.15, 0.2) is 0 Å². The summed E-state index contributed by atoms with van der Waals surface area (Å²) in [7, 11) is 0. The zero-order valence-corrected chi connectivity index (χ0v) is 17.0. The van der Waals surface area contributed by atoms with Crippen molar-refractivity contribution in [3.05, 3.63) is 83.4 Å². The molecule has 8 nitrogen and oxygen atoms in total. The molecular weight excluding hydrogens is 408 g/mol. The smallest absolute Gasteiger partial charge is 0.211 e. The lowest BCUT2D eigenvalue weighted by atomic mass is 10.0. The number of hydrogen-bond acceptors (Lipinski definition) is 8. The van der Waals surface area contributed by atoms with Crippen LogP contribution in [0, 0.1) is 6.92 Å². The van der Waals surface area contributed by atoms with Crippen molar-refractivity contribution in [3.63, 3.8) is 0 Å². The Bertz CT molecular complexity index is 1200. The van der Waals surface area contributed by atoms with Gasteiger partial charge in [0.05, 0.1) is 22.7 Å². The number of nitrogens with zero attached hydrogens (tertiary/aromatic N) is 4. The maximum absolute atomic E-state index is 10.1. The molecule has 0 amide bonds. The molecule has 32 heavy (non-hydrogen) atoms. The second kappa shape index (κ2) is 12.7. The van der Waals surface area contributed by atoms with E-state index in [4.69, 9.17) is 0 Å². The van der Waals surface area contributed by atoms with Gasteiger partial charge < -0.3 is 0 Å². The molecule has 0 aromatic heterocycles. The Balaban J connectivity index is 0.000000244. The molecule has 0 aliphatic heterocycles. The lowest BCUT2D eigenvalue weighted by molar-refractivity contribution is 0.564. The van der Waals surface area contributed by atoms with E-state index in [2.05, 4.69) is 20.0 Å². The maximum Gasteiger partial charge on any atom is 0.240 e. The predicted molar refractivity (Wildman–Crippen MR) is 118 cm³/mol. The summed E-state index contributed by atoms with van der Waals surface area (Å²) >= 11 is 0. The zero-order chi connectivity index (χ0) is 23.2. The molecule has 0 unspecified atom stereocenters. The van der Waals surface area contributed by atoms with E-state index in [0.717, 1.165) is 23.1 Å². The number of aliphatic imine (C=N–C) groups is 4. The van der Waals surface area contributed by atoms with Gasteiger partial charge in [0.1, 0.15) is 0 Å². The highest BCUT2D eigenvalue weighted by Crippen LogP contribution is 2.23. The van der Waals surface area contributed by atoms with Crippen LogP contribution in [0.1, 0.15) is 16.7 Å². The van der Waals surface area contributed by atoms with Crippen LogP contribution >= 0.6 is 0 Å². The highest BCUT2D eigenvalue weighted by atomic mass is 16.1. The summed E-state index contributed by atoms with van der Waals surface area (Å²) in [5, 5.41) is 0. The first-order valence-corrected chi connectivity index (χ1v) is 9.19. The molecule has 0 aliphatic rings. The Morgan fingerprint density at radius 2 is 0.969 bits per heavy atom. The molecule has 0 spiro atoms. The summed E-state index contributed by atoms with van der Waals surface area (Å²) in [6, 6.07) is 19.5. The van der Waals surface area contributed by atoms with Gasteiger partial charge in [-0.15, -0.1) is 0 Å². The van der Waals surface area contributed by atoms with Gasteiger partial charge in [-0.1, -0.05) is 24.3 Å². The number of hydrogen-bond donors (Lipinski definition) is 0. The van der Waals surface area contributed by atoms with Gasteiger partial charge >= 0.3 is 0 Å². The fraction of sp³-hybridized carbons (Fsp3) is 0.0833. The van der Waals surface area contributed by atoms with E-state index in [0.29, 0.717) is 22.7 Å². The van der Waals surface area contributed by atoms with Crippen LogP contribution in [0.25, 0.3) is 0 Å². The summed E-state index contributed by atoms with van der Waals surface area (Å²) < 4.78 is 0. The van der Waals surface area contributed by atoms with E-state index < -0.39 is 0 Å². The van der Waals surface area contributed by atoms with Crippen LogP contribution in [-0.2, 0) is 25.6 Å². The minimum absolute atomic E-state index is 0.498. The minimum Gasteiger partial charge on any atom is -0.211 e. The first kappa shape index (κ1) is 23.5. The molecule has 0 bridgehead atoms. The van der Waals surface area contributed by atoms with Crippen LogP contribution in [0.15, 0.2) is 86.7 Å². The van der Waals surface area contributed by atoms with E-state index in [1.807, 2.05) is 24.3 Å². The van der Waals surface area contributed by atoms with E-state index in [1.165, 1.54) is 24.3 Å². The highest BCUT2D eigenvalue weighted by Gasteiger charge is 1.98. The minimum atomic E-state index is 0.498. The molecule has 8 heteroatoms. The zero-order valence-electron chi connectivity index (χ0n) is 17.0. The molecule has 0 heterocycles. The average Bonchev–Trinajstić information content (AvgIpc) is 2.79. The van der Waals surface area contributed by atoms with Gasteiger partial charge in [-0.05, 0) is 72.5 Å². The van der Waals surface area contributed by atoms with Gasteiger partial charge in [-0.25, -0.2) is 19.2 Å². The second-order valence-corrected chi connectivity index (χ2v) is 6.29. The van der Waals surface area contributed by atoms with Crippen molar-refractivity contribution >= 4 is 47.1 Å². The summed E-state index contributed by atoms with van der Waals surface area (Å²) in [4.78, 5) is 54.0. The van der Waals surface area contributed by atoms with Crippen molar-refractivity contribution in [3.8, 4) is 0 Å². The molecule has 3 rings (SSSR count). The van der Waals surface area contributed by atoms with E-state index in [9.17, 15) is 19.2 Å². The van der Waals surface area contributed by atoms with E-state index in [1.54, 1.807) is 49.4 Å². The Kier molecular flexibility index (Phi) is 9.30. The lowest BCUT2D eigenvalue weighted by Crippen LogP contribution is -1.86. The van der Waals surface area contributed by atoms with Gasteiger partial charge in [-0.3, -0.25) is 0 Å². The van der Waals surface area contributed by atoms with Gasteiger partial charge in [0, 0.05) is 0 Å². The molecule has 0 saturated heterocycles. The van der Waals surface area contributed by atoms with Gasteiger partial charge in [0.25, 0.3) is 0 Å². The summed E-state index contributed by atoms with van der Waals surface area (Å²) in [6.07, 6.45) is 6.64. The van der Waals surface area contributed by atoms with Crippen LogP contribution < -0.4 is 0 Å². The first-order chi connectivity index (χ1) is 15.6. The Morgan fingerprint density at radius 1 is 0.562 bits per heavy atom. The molecule has 0 atom stereocenters. The molecule has 3 aromatic rings. The first-order valence-electron chi connectivity index (χ1n) is 9.19. The fourth-order valence-corrected chi connectivity index (χ4v) is 2.65. The van der Waals surface area contributed by atoms with Crippen molar-refractivity contribution in [2.24, 2.45) is 20.0 Å². The molecule has 156 valence electrons. The van der Waals surface area contributed by atoms with Crippen molar-refractivity contribution in [1.29, 1.82) is 0 Å². The van der Waals surface area contributed by atoms with Crippen molar-refractivity contribution in [2.75, 3.05) is 0 Å². The number of rotatable bonds is 6. The fourth-order valence-electron chi connectivity index (χ4n) is 2.65. The number of carbonyl (C=O) groups excluding carboxylic acids is 4. The van der Waals surface area contributed by atoms with Crippen LogP contribution in [0.2, 0.25) is 0 Å².